The topological polar surface area (TPSA) is 49.9 Å². The average Bonchev–Trinajstić information content (AvgIpc) is 2.57. The molecule has 3 aliphatic rings. The summed E-state index contributed by atoms with van der Waals surface area (Å²) >= 11 is 0. The monoisotopic (exact) mass is 358 g/mol. The Morgan fingerprint density at radius 1 is 0.833 bits per heavy atom. The third kappa shape index (κ3) is 5.41. The van der Waals surface area contributed by atoms with Gasteiger partial charge < -0.3 is 9.64 Å². The van der Waals surface area contributed by atoms with Crippen LogP contribution in [0.5, 0.6) is 0 Å². The van der Waals surface area contributed by atoms with Gasteiger partial charge in [0.15, 0.2) is 0 Å². The molecule has 0 radical (unpaired) electrons. The molecule has 0 bridgehead atoms. The van der Waals surface area contributed by atoms with E-state index >= 15 is 0 Å². The number of rotatable bonds is 5. The molecular formula is C18H34N2O3S. The first-order valence-electron chi connectivity index (χ1n) is 9.83. The van der Waals surface area contributed by atoms with Gasteiger partial charge in [-0.1, -0.05) is 19.3 Å². The van der Waals surface area contributed by atoms with E-state index in [1.807, 2.05) is 0 Å². The Kier molecular flexibility index (Phi) is 6.57. The summed E-state index contributed by atoms with van der Waals surface area (Å²) in [7, 11) is -3.03. The molecule has 0 spiro atoms. The summed E-state index contributed by atoms with van der Waals surface area (Å²) in [6.07, 6.45) is 13.0. The van der Waals surface area contributed by atoms with E-state index in [0.29, 0.717) is 19.2 Å². The first-order chi connectivity index (χ1) is 11.5. The predicted molar refractivity (Wildman–Crippen MR) is 96.6 cm³/mol. The minimum absolute atomic E-state index is 0.248. The van der Waals surface area contributed by atoms with Crippen LogP contribution in [0, 0.1) is 5.92 Å². The van der Waals surface area contributed by atoms with Crippen LogP contribution in [0.25, 0.3) is 0 Å². The molecule has 3 rings (SSSR count). The van der Waals surface area contributed by atoms with Gasteiger partial charge in [0.2, 0.25) is 10.0 Å². The molecule has 1 saturated carbocycles. The second-order valence-corrected chi connectivity index (χ2v) is 9.98. The molecule has 24 heavy (non-hydrogen) atoms. The SMILES string of the molecule is CS(=O)(=O)N1CCC(OC2CCN(CC3CCCCC3)CC2)CC1. The van der Waals surface area contributed by atoms with Gasteiger partial charge in [-0.25, -0.2) is 12.7 Å². The van der Waals surface area contributed by atoms with Crippen molar-refractivity contribution in [3.05, 3.63) is 0 Å². The number of sulfonamides is 1. The van der Waals surface area contributed by atoms with Crippen LogP contribution in [0.15, 0.2) is 0 Å². The summed E-state index contributed by atoms with van der Waals surface area (Å²) in [6.45, 7) is 4.86. The van der Waals surface area contributed by atoms with E-state index in [-0.39, 0.29) is 6.10 Å². The zero-order valence-electron chi connectivity index (χ0n) is 15.2. The van der Waals surface area contributed by atoms with Crippen LogP contribution in [0.3, 0.4) is 0 Å². The Morgan fingerprint density at radius 3 is 1.92 bits per heavy atom. The molecule has 0 aromatic carbocycles. The third-order valence-corrected chi connectivity index (χ3v) is 7.33. The summed E-state index contributed by atoms with van der Waals surface area (Å²) < 4.78 is 31.0. The summed E-state index contributed by atoms with van der Waals surface area (Å²) in [5.74, 6) is 0.927. The fourth-order valence-electron chi connectivity index (χ4n) is 4.53. The molecule has 0 amide bonds. The largest absolute Gasteiger partial charge is 0.375 e. The van der Waals surface area contributed by atoms with Crippen molar-refractivity contribution in [3.8, 4) is 0 Å². The van der Waals surface area contributed by atoms with E-state index in [1.165, 1.54) is 58.0 Å². The average molecular weight is 359 g/mol. The maximum absolute atomic E-state index is 11.6. The van der Waals surface area contributed by atoms with Crippen molar-refractivity contribution < 1.29 is 13.2 Å². The van der Waals surface area contributed by atoms with Gasteiger partial charge in [-0.3, -0.25) is 0 Å². The van der Waals surface area contributed by atoms with Crippen LogP contribution >= 0.6 is 0 Å². The maximum Gasteiger partial charge on any atom is 0.211 e. The highest BCUT2D eigenvalue weighted by Gasteiger charge is 2.29. The van der Waals surface area contributed by atoms with Gasteiger partial charge in [0.25, 0.3) is 0 Å². The van der Waals surface area contributed by atoms with E-state index < -0.39 is 10.0 Å². The summed E-state index contributed by atoms with van der Waals surface area (Å²) in [4.78, 5) is 2.64. The number of hydrogen-bond acceptors (Lipinski definition) is 4. The summed E-state index contributed by atoms with van der Waals surface area (Å²) in [6, 6.07) is 0. The number of ether oxygens (including phenoxy) is 1. The minimum Gasteiger partial charge on any atom is -0.375 e. The highest BCUT2D eigenvalue weighted by atomic mass is 32.2. The second-order valence-electron chi connectivity index (χ2n) is 8.00. The van der Waals surface area contributed by atoms with Gasteiger partial charge in [-0.2, -0.15) is 0 Å². The van der Waals surface area contributed by atoms with Crippen LogP contribution in [0.1, 0.15) is 57.8 Å². The number of piperidine rings is 2. The molecular weight excluding hydrogens is 324 g/mol. The second kappa shape index (κ2) is 8.47. The van der Waals surface area contributed by atoms with Crippen LogP contribution in [0.4, 0.5) is 0 Å². The Balaban J connectivity index is 1.34. The van der Waals surface area contributed by atoms with Crippen LogP contribution < -0.4 is 0 Å². The molecule has 2 aliphatic heterocycles. The van der Waals surface area contributed by atoms with Crippen LogP contribution in [0.2, 0.25) is 0 Å². The van der Waals surface area contributed by atoms with E-state index in [4.69, 9.17) is 4.74 Å². The predicted octanol–water partition coefficient (Wildman–Crippen LogP) is 2.47. The van der Waals surface area contributed by atoms with Crippen molar-refractivity contribution in [2.24, 2.45) is 5.92 Å². The van der Waals surface area contributed by atoms with Gasteiger partial charge in [0.05, 0.1) is 18.5 Å². The van der Waals surface area contributed by atoms with Gasteiger partial charge in [-0.05, 0) is 44.4 Å². The normalized spacial score (nSPS) is 27.5. The molecule has 2 saturated heterocycles. The number of likely N-dealkylation sites (tertiary alicyclic amines) is 1. The van der Waals surface area contributed by atoms with Gasteiger partial charge in [0, 0.05) is 32.7 Å². The molecule has 0 unspecified atom stereocenters. The molecule has 3 fully saturated rings. The molecule has 0 aromatic heterocycles. The number of hydrogen-bond donors (Lipinski definition) is 0. The van der Waals surface area contributed by atoms with Crippen LogP contribution in [-0.4, -0.2) is 68.8 Å². The van der Waals surface area contributed by atoms with Crippen molar-refractivity contribution in [2.75, 3.05) is 39.0 Å². The van der Waals surface area contributed by atoms with Crippen molar-refractivity contribution in [2.45, 2.75) is 70.0 Å². The third-order valence-electron chi connectivity index (χ3n) is 6.03. The Hall–Kier alpha value is -0.170. The molecule has 1 aliphatic carbocycles. The molecule has 0 N–H and O–H groups in total. The van der Waals surface area contributed by atoms with Gasteiger partial charge in [-0.15, -0.1) is 0 Å². The molecule has 5 nitrogen and oxygen atoms in total. The lowest BCUT2D eigenvalue weighted by atomic mass is 9.88. The number of nitrogens with zero attached hydrogens (tertiary/aromatic N) is 2. The summed E-state index contributed by atoms with van der Waals surface area (Å²) in [5.41, 5.74) is 0. The fraction of sp³-hybridized carbons (Fsp3) is 1.00. The zero-order chi connectivity index (χ0) is 17.0. The fourth-order valence-corrected chi connectivity index (χ4v) is 5.41. The molecule has 0 aromatic rings. The van der Waals surface area contributed by atoms with Gasteiger partial charge in [0.1, 0.15) is 0 Å². The Bertz CT molecular complexity index is 474. The van der Waals surface area contributed by atoms with E-state index in [0.717, 1.165) is 31.6 Å². The smallest absolute Gasteiger partial charge is 0.211 e. The van der Waals surface area contributed by atoms with E-state index in [9.17, 15) is 8.42 Å². The van der Waals surface area contributed by atoms with E-state index in [1.54, 1.807) is 4.31 Å². The molecule has 0 atom stereocenters. The van der Waals surface area contributed by atoms with Crippen molar-refractivity contribution in [1.82, 2.24) is 9.21 Å². The highest BCUT2D eigenvalue weighted by molar-refractivity contribution is 7.88. The zero-order valence-corrected chi connectivity index (χ0v) is 16.0. The lowest BCUT2D eigenvalue weighted by Gasteiger charge is -2.38. The summed E-state index contributed by atoms with van der Waals surface area (Å²) in [5, 5.41) is 0. The Labute approximate surface area is 147 Å². The first kappa shape index (κ1) is 18.6. The standard InChI is InChI=1S/C18H34N2O3S/c1-24(21,22)20-13-9-18(10-14-20)23-17-7-11-19(12-8-17)15-16-5-3-2-4-6-16/h16-18H,2-15H2,1H3. The minimum atomic E-state index is -3.03. The lowest BCUT2D eigenvalue weighted by molar-refractivity contribution is -0.0602. The molecule has 6 heteroatoms. The van der Waals surface area contributed by atoms with Crippen molar-refractivity contribution in [1.29, 1.82) is 0 Å². The van der Waals surface area contributed by atoms with Crippen LogP contribution in [-0.2, 0) is 14.8 Å². The van der Waals surface area contributed by atoms with E-state index in [2.05, 4.69) is 4.90 Å². The first-order valence-corrected chi connectivity index (χ1v) is 11.7. The quantitative estimate of drug-likeness (QED) is 0.757. The van der Waals surface area contributed by atoms with Crippen molar-refractivity contribution >= 4 is 10.0 Å². The Morgan fingerprint density at radius 2 is 1.38 bits per heavy atom. The molecule has 140 valence electrons. The maximum atomic E-state index is 11.6. The lowest BCUT2D eigenvalue weighted by Crippen LogP contribution is -2.44. The van der Waals surface area contributed by atoms with Crippen molar-refractivity contribution in [3.63, 3.8) is 0 Å². The molecule has 2 heterocycles. The highest BCUT2D eigenvalue weighted by Crippen LogP contribution is 2.27. The van der Waals surface area contributed by atoms with Gasteiger partial charge >= 0.3 is 0 Å².